The number of aromatic nitrogens is 1. The maximum Gasteiger partial charge on any atom is 0.421 e. The van der Waals surface area contributed by atoms with Crippen molar-refractivity contribution in [3.8, 4) is 0 Å². The van der Waals surface area contributed by atoms with Crippen molar-refractivity contribution >= 4 is 16.1 Å². The second kappa shape index (κ2) is 5.13. The van der Waals surface area contributed by atoms with Gasteiger partial charge in [-0.3, -0.25) is 9.17 Å². The van der Waals surface area contributed by atoms with Gasteiger partial charge in [-0.05, 0) is 12.1 Å². The number of carboxylic acids is 1. The predicted molar refractivity (Wildman–Crippen MR) is 55.9 cm³/mol. The zero-order valence-corrected chi connectivity index (χ0v) is 10.2. The fraction of sp³-hybridized carbons (Fsp3) is 0.333. The largest absolute Gasteiger partial charge is 0.478 e. The summed E-state index contributed by atoms with van der Waals surface area (Å²) < 4.78 is 63.6. The van der Waals surface area contributed by atoms with Gasteiger partial charge in [0.05, 0.1) is 17.5 Å². The first-order valence-electron chi connectivity index (χ1n) is 4.65. The van der Waals surface area contributed by atoms with E-state index in [2.05, 4.69) is 9.17 Å². The van der Waals surface area contributed by atoms with Crippen LogP contribution in [0.4, 0.5) is 13.2 Å². The number of carbonyl (C=O) groups is 1. The molecule has 1 aromatic heterocycles. The fourth-order valence-electron chi connectivity index (χ4n) is 1.17. The molecule has 0 aliphatic heterocycles. The van der Waals surface area contributed by atoms with E-state index in [0.29, 0.717) is 12.3 Å². The van der Waals surface area contributed by atoms with Gasteiger partial charge in [-0.25, -0.2) is 4.79 Å². The van der Waals surface area contributed by atoms with E-state index in [-0.39, 0.29) is 0 Å². The summed E-state index contributed by atoms with van der Waals surface area (Å²) in [6.45, 7) is 0. The van der Waals surface area contributed by atoms with Crippen LogP contribution >= 0.6 is 0 Å². The van der Waals surface area contributed by atoms with Crippen LogP contribution in [-0.4, -0.2) is 36.9 Å². The van der Waals surface area contributed by atoms with Crippen molar-refractivity contribution in [2.75, 3.05) is 6.26 Å². The van der Waals surface area contributed by atoms with E-state index in [4.69, 9.17) is 5.11 Å². The summed E-state index contributed by atoms with van der Waals surface area (Å²) in [5, 5.41) is 8.66. The van der Waals surface area contributed by atoms with E-state index in [1.807, 2.05) is 0 Å². The first kappa shape index (κ1) is 15.4. The molecular weight excluding hydrogens is 291 g/mol. The molecule has 1 aromatic rings. The van der Waals surface area contributed by atoms with Crippen LogP contribution in [0.25, 0.3) is 0 Å². The Morgan fingerprint density at radius 2 is 2.05 bits per heavy atom. The highest BCUT2D eigenvalue weighted by molar-refractivity contribution is 7.86. The molecular formula is C9H8F3NO5S. The van der Waals surface area contributed by atoms with Crippen molar-refractivity contribution in [3.05, 3.63) is 29.6 Å². The molecule has 106 valence electrons. The van der Waals surface area contributed by atoms with Crippen LogP contribution in [-0.2, 0) is 14.3 Å². The summed E-state index contributed by atoms with van der Waals surface area (Å²) >= 11 is 0. The maximum absolute atomic E-state index is 12.7. The second-order valence-corrected chi connectivity index (χ2v) is 5.10. The van der Waals surface area contributed by atoms with E-state index in [0.717, 1.165) is 12.3 Å². The third-order valence-electron chi connectivity index (χ3n) is 1.86. The van der Waals surface area contributed by atoms with Crippen molar-refractivity contribution in [1.82, 2.24) is 4.98 Å². The molecule has 0 radical (unpaired) electrons. The molecule has 0 saturated heterocycles. The Morgan fingerprint density at radius 1 is 1.47 bits per heavy atom. The number of alkyl halides is 3. The number of halogens is 3. The minimum absolute atomic E-state index is 0.451. The summed E-state index contributed by atoms with van der Waals surface area (Å²) in [6, 6.07) is 1.57. The highest BCUT2D eigenvalue weighted by Crippen LogP contribution is 2.36. The predicted octanol–water partition coefficient (Wildman–Crippen LogP) is 1.36. The van der Waals surface area contributed by atoms with Crippen molar-refractivity contribution < 1.29 is 35.7 Å². The lowest BCUT2D eigenvalue weighted by Crippen LogP contribution is -2.27. The Bertz CT molecular complexity index is 584. The number of nitrogens with zero attached hydrogens (tertiary/aromatic N) is 1. The SMILES string of the molecule is CS(=O)(=O)OC(c1cc(C(=O)O)ccn1)C(F)(F)F. The summed E-state index contributed by atoms with van der Waals surface area (Å²) in [6.07, 6.45) is -6.62. The normalized spacial score (nSPS) is 14.1. The summed E-state index contributed by atoms with van der Waals surface area (Å²) in [5.41, 5.74) is -1.31. The van der Waals surface area contributed by atoms with Crippen LogP contribution < -0.4 is 0 Å². The molecule has 0 amide bonds. The highest BCUT2D eigenvalue weighted by Gasteiger charge is 2.45. The fourth-order valence-corrected chi connectivity index (χ4v) is 1.73. The molecule has 0 bridgehead atoms. The van der Waals surface area contributed by atoms with Crippen molar-refractivity contribution in [2.45, 2.75) is 12.3 Å². The lowest BCUT2D eigenvalue weighted by Gasteiger charge is -2.18. The Kier molecular flexibility index (Phi) is 4.15. The number of aromatic carboxylic acids is 1. The van der Waals surface area contributed by atoms with Gasteiger partial charge in [-0.1, -0.05) is 0 Å². The molecule has 6 nitrogen and oxygen atoms in total. The topological polar surface area (TPSA) is 93.6 Å². The molecule has 1 heterocycles. The average molecular weight is 299 g/mol. The van der Waals surface area contributed by atoms with Gasteiger partial charge in [0, 0.05) is 6.20 Å². The molecule has 19 heavy (non-hydrogen) atoms. The summed E-state index contributed by atoms with van der Waals surface area (Å²) in [7, 11) is -4.40. The standard InChI is InChI=1S/C9H8F3NO5S/c1-19(16,17)18-7(9(10,11)12)6-4-5(8(14)15)2-3-13-6/h2-4,7H,1H3,(H,14,15). The van der Waals surface area contributed by atoms with E-state index < -0.39 is 39.6 Å². The zero-order valence-electron chi connectivity index (χ0n) is 9.38. The monoisotopic (exact) mass is 299 g/mol. The first-order valence-corrected chi connectivity index (χ1v) is 6.46. The van der Waals surface area contributed by atoms with Crippen LogP contribution in [0.2, 0.25) is 0 Å². The molecule has 0 aliphatic carbocycles. The number of rotatable bonds is 4. The number of hydrogen-bond donors (Lipinski definition) is 1. The molecule has 0 aromatic carbocycles. The molecule has 0 saturated carbocycles. The van der Waals surface area contributed by atoms with E-state index in [1.165, 1.54) is 0 Å². The molecule has 1 unspecified atom stereocenters. The highest BCUT2D eigenvalue weighted by atomic mass is 32.2. The Labute approximate surface area is 106 Å². The van der Waals surface area contributed by atoms with E-state index in [9.17, 15) is 26.4 Å². The average Bonchev–Trinajstić information content (AvgIpc) is 2.23. The van der Waals surface area contributed by atoms with Crippen LogP contribution in [0.1, 0.15) is 22.2 Å². The number of hydrogen-bond acceptors (Lipinski definition) is 5. The molecule has 1 rings (SSSR count). The number of carboxylic acid groups (broad SMARTS) is 1. The Morgan fingerprint density at radius 3 is 2.47 bits per heavy atom. The second-order valence-electron chi connectivity index (χ2n) is 3.50. The van der Waals surface area contributed by atoms with Gasteiger partial charge in [-0.15, -0.1) is 0 Å². The van der Waals surface area contributed by atoms with E-state index in [1.54, 1.807) is 0 Å². The third kappa shape index (κ3) is 4.48. The lowest BCUT2D eigenvalue weighted by molar-refractivity contribution is -0.197. The quantitative estimate of drug-likeness (QED) is 0.844. The third-order valence-corrected chi connectivity index (χ3v) is 2.41. The molecule has 1 N–H and O–H groups in total. The van der Waals surface area contributed by atoms with Gasteiger partial charge in [0.15, 0.2) is 0 Å². The van der Waals surface area contributed by atoms with Gasteiger partial charge in [-0.2, -0.15) is 21.6 Å². The lowest BCUT2D eigenvalue weighted by atomic mass is 10.1. The molecule has 1 atom stereocenters. The molecule has 0 fully saturated rings. The van der Waals surface area contributed by atoms with Crippen LogP contribution in [0, 0.1) is 0 Å². The van der Waals surface area contributed by atoms with Crippen molar-refractivity contribution in [3.63, 3.8) is 0 Å². The van der Waals surface area contributed by atoms with Crippen molar-refractivity contribution in [2.24, 2.45) is 0 Å². The van der Waals surface area contributed by atoms with Crippen LogP contribution in [0.5, 0.6) is 0 Å². The van der Waals surface area contributed by atoms with Gasteiger partial charge in [0.1, 0.15) is 0 Å². The smallest absolute Gasteiger partial charge is 0.421 e. The van der Waals surface area contributed by atoms with Gasteiger partial charge >= 0.3 is 12.1 Å². The van der Waals surface area contributed by atoms with Gasteiger partial charge in [0.25, 0.3) is 10.1 Å². The summed E-state index contributed by atoms with van der Waals surface area (Å²) in [5.74, 6) is -1.47. The first-order chi connectivity index (χ1) is 8.50. The minimum atomic E-state index is -5.05. The summed E-state index contributed by atoms with van der Waals surface area (Å²) in [4.78, 5) is 13.9. The maximum atomic E-state index is 12.7. The molecule has 0 spiro atoms. The van der Waals surface area contributed by atoms with Gasteiger partial charge in [0.2, 0.25) is 6.10 Å². The molecule has 0 aliphatic rings. The molecule has 10 heteroatoms. The zero-order chi connectivity index (χ0) is 14.8. The van der Waals surface area contributed by atoms with Crippen LogP contribution in [0.15, 0.2) is 18.3 Å². The van der Waals surface area contributed by atoms with Crippen LogP contribution in [0.3, 0.4) is 0 Å². The Balaban J connectivity index is 3.26. The minimum Gasteiger partial charge on any atom is -0.478 e. The Hall–Kier alpha value is -1.68. The van der Waals surface area contributed by atoms with Crippen molar-refractivity contribution in [1.29, 1.82) is 0 Å². The van der Waals surface area contributed by atoms with E-state index >= 15 is 0 Å². The van der Waals surface area contributed by atoms with Gasteiger partial charge < -0.3 is 5.11 Å². The number of pyridine rings is 1.